The summed E-state index contributed by atoms with van der Waals surface area (Å²) in [6.07, 6.45) is 1.37. The molecule has 0 radical (unpaired) electrons. The maximum Gasteiger partial charge on any atom is 0.265 e. The normalized spacial score (nSPS) is 11.7. The van der Waals surface area contributed by atoms with E-state index in [1.807, 2.05) is 32.0 Å². The van der Waals surface area contributed by atoms with Crippen molar-refractivity contribution in [2.24, 2.45) is 12.8 Å². The number of likely N-dealkylation sites (N-methyl/N-ethyl adjacent to an activating group) is 1. The van der Waals surface area contributed by atoms with Gasteiger partial charge in [0.15, 0.2) is 0 Å². The van der Waals surface area contributed by atoms with Crippen molar-refractivity contribution in [3.8, 4) is 5.75 Å². The molecule has 2 aromatic rings. The van der Waals surface area contributed by atoms with Crippen molar-refractivity contribution in [2.45, 2.75) is 18.7 Å². The number of ether oxygens (including phenoxy) is 1. The monoisotopic (exact) mass is 365 g/mol. The summed E-state index contributed by atoms with van der Waals surface area (Å²) < 4.78 is 33.4. The highest BCUT2D eigenvalue weighted by Gasteiger charge is 2.24. The molecule has 0 atom stereocenters. The summed E-state index contributed by atoms with van der Waals surface area (Å²) in [4.78, 5) is 11.3. The Hall–Kier alpha value is -2.32. The van der Waals surface area contributed by atoms with Crippen molar-refractivity contribution < 1.29 is 17.9 Å². The number of carbonyl (C=O) groups is 1. The Morgan fingerprint density at radius 3 is 2.32 bits per heavy atom. The fourth-order valence-corrected chi connectivity index (χ4v) is 3.76. The van der Waals surface area contributed by atoms with Crippen LogP contribution in [0.4, 0.5) is 0 Å². The van der Waals surface area contributed by atoms with E-state index < -0.39 is 15.9 Å². The van der Waals surface area contributed by atoms with Crippen molar-refractivity contribution in [3.63, 3.8) is 0 Å². The number of benzene rings is 1. The maximum atomic E-state index is 12.6. The van der Waals surface area contributed by atoms with Gasteiger partial charge in [-0.05, 0) is 43.2 Å². The summed E-state index contributed by atoms with van der Waals surface area (Å²) in [7, 11) is -0.679. The van der Waals surface area contributed by atoms with Crippen LogP contribution in [-0.4, -0.2) is 43.4 Å². The smallest absolute Gasteiger partial charge is 0.265 e. The Kier molecular flexibility index (Phi) is 5.54. The van der Waals surface area contributed by atoms with E-state index in [0.29, 0.717) is 5.75 Å². The maximum absolute atomic E-state index is 12.6. The SMILES string of the molecule is Cc1cc(C)cc(OCCN(C)S(=O)(=O)c2cc(C(N)=O)n(C)c2)c1. The molecule has 2 N–H and O–H groups in total. The van der Waals surface area contributed by atoms with Crippen LogP contribution in [0, 0.1) is 13.8 Å². The van der Waals surface area contributed by atoms with Crippen LogP contribution in [0.15, 0.2) is 35.4 Å². The van der Waals surface area contributed by atoms with Crippen LogP contribution >= 0.6 is 0 Å². The van der Waals surface area contributed by atoms with Gasteiger partial charge in [-0.2, -0.15) is 4.31 Å². The minimum atomic E-state index is -3.72. The molecule has 0 saturated heterocycles. The quantitative estimate of drug-likeness (QED) is 0.803. The number of primary amides is 1. The predicted molar refractivity (Wildman–Crippen MR) is 95.2 cm³/mol. The molecule has 7 nitrogen and oxygen atoms in total. The van der Waals surface area contributed by atoms with E-state index in [4.69, 9.17) is 10.5 Å². The molecule has 1 aromatic carbocycles. The van der Waals surface area contributed by atoms with Gasteiger partial charge in [-0.1, -0.05) is 6.07 Å². The molecule has 0 aliphatic carbocycles. The van der Waals surface area contributed by atoms with Crippen molar-refractivity contribution in [1.82, 2.24) is 8.87 Å². The van der Waals surface area contributed by atoms with Crippen LogP contribution in [0.25, 0.3) is 0 Å². The summed E-state index contributed by atoms with van der Waals surface area (Å²) in [6.45, 7) is 4.34. The molecule has 25 heavy (non-hydrogen) atoms. The minimum absolute atomic E-state index is 0.0256. The molecule has 0 unspecified atom stereocenters. The third kappa shape index (κ3) is 4.40. The van der Waals surface area contributed by atoms with Gasteiger partial charge in [0.05, 0.1) is 0 Å². The first-order valence-electron chi connectivity index (χ1n) is 7.75. The fourth-order valence-electron chi connectivity index (χ4n) is 2.53. The van der Waals surface area contributed by atoms with Crippen molar-refractivity contribution in [2.75, 3.05) is 20.2 Å². The van der Waals surface area contributed by atoms with Gasteiger partial charge in [0, 0.05) is 26.8 Å². The van der Waals surface area contributed by atoms with E-state index in [2.05, 4.69) is 0 Å². The second-order valence-corrected chi connectivity index (χ2v) is 8.08. The van der Waals surface area contributed by atoms with Gasteiger partial charge in [-0.15, -0.1) is 0 Å². The van der Waals surface area contributed by atoms with Gasteiger partial charge in [-0.25, -0.2) is 8.42 Å². The number of rotatable bonds is 7. The number of aromatic nitrogens is 1. The molecule has 2 rings (SSSR count). The van der Waals surface area contributed by atoms with Gasteiger partial charge in [0.25, 0.3) is 5.91 Å². The van der Waals surface area contributed by atoms with Gasteiger partial charge in [0.2, 0.25) is 10.0 Å². The third-order valence-electron chi connectivity index (χ3n) is 3.81. The van der Waals surface area contributed by atoms with Crippen LogP contribution in [-0.2, 0) is 17.1 Å². The number of hydrogen-bond donors (Lipinski definition) is 1. The molecular formula is C17H23N3O4S. The lowest BCUT2D eigenvalue weighted by atomic mass is 10.1. The highest BCUT2D eigenvalue weighted by molar-refractivity contribution is 7.89. The second kappa shape index (κ2) is 7.28. The molecular weight excluding hydrogens is 342 g/mol. The second-order valence-electron chi connectivity index (χ2n) is 6.03. The van der Waals surface area contributed by atoms with Crippen LogP contribution in [0.1, 0.15) is 21.6 Å². The Balaban J connectivity index is 2.05. The highest BCUT2D eigenvalue weighted by atomic mass is 32.2. The van der Waals surface area contributed by atoms with E-state index in [-0.39, 0.29) is 23.7 Å². The lowest BCUT2D eigenvalue weighted by molar-refractivity contribution is 0.0992. The molecule has 0 spiro atoms. The topological polar surface area (TPSA) is 94.6 Å². The average Bonchev–Trinajstić information content (AvgIpc) is 2.89. The molecule has 0 saturated carbocycles. The summed E-state index contributed by atoms with van der Waals surface area (Å²) in [6, 6.07) is 7.11. The zero-order valence-corrected chi connectivity index (χ0v) is 15.6. The Morgan fingerprint density at radius 2 is 1.80 bits per heavy atom. The molecule has 1 amide bonds. The van der Waals surface area contributed by atoms with Crippen LogP contribution in [0.3, 0.4) is 0 Å². The number of carbonyl (C=O) groups excluding carboxylic acids is 1. The van der Waals surface area contributed by atoms with Crippen molar-refractivity contribution in [3.05, 3.63) is 47.3 Å². The Morgan fingerprint density at radius 1 is 1.20 bits per heavy atom. The van der Waals surface area contributed by atoms with E-state index >= 15 is 0 Å². The van der Waals surface area contributed by atoms with E-state index in [1.165, 1.54) is 28.2 Å². The summed E-state index contributed by atoms with van der Waals surface area (Å²) in [5.41, 5.74) is 7.53. The zero-order valence-electron chi connectivity index (χ0n) is 14.8. The lowest BCUT2D eigenvalue weighted by Crippen LogP contribution is -2.30. The van der Waals surface area contributed by atoms with Crippen molar-refractivity contribution >= 4 is 15.9 Å². The molecule has 0 aliphatic rings. The standard InChI is InChI=1S/C17H23N3O4S/c1-12-7-13(2)9-14(8-12)24-6-5-20(4)25(22,23)15-10-16(17(18)21)19(3)11-15/h7-11H,5-6H2,1-4H3,(H2,18,21). The average molecular weight is 365 g/mol. The predicted octanol–water partition coefficient (Wildman–Crippen LogP) is 1.44. The first-order chi connectivity index (χ1) is 11.6. The summed E-state index contributed by atoms with van der Waals surface area (Å²) in [5, 5.41) is 0. The van der Waals surface area contributed by atoms with E-state index in [0.717, 1.165) is 11.1 Å². The first-order valence-corrected chi connectivity index (χ1v) is 9.19. The summed E-state index contributed by atoms with van der Waals surface area (Å²) in [5.74, 6) is 0.0313. The fraction of sp³-hybridized carbons (Fsp3) is 0.353. The van der Waals surface area contributed by atoms with Crippen LogP contribution < -0.4 is 10.5 Å². The van der Waals surface area contributed by atoms with E-state index in [9.17, 15) is 13.2 Å². The molecule has 0 aliphatic heterocycles. The van der Waals surface area contributed by atoms with Crippen LogP contribution in [0.5, 0.6) is 5.75 Å². The molecule has 0 fully saturated rings. The van der Waals surface area contributed by atoms with Gasteiger partial charge in [0.1, 0.15) is 22.9 Å². The molecule has 1 heterocycles. The minimum Gasteiger partial charge on any atom is -0.492 e. The number of aryl methyl sites for hydroxylation is 3. The number of hydrogen-bond acceptors (Lipinski definition) is 4. The van der Waals surface area contributed by atoms with E-state index in [1.54, 1.807) is 7.05 Å². The number of sulfonamides is 1. The first kappa shape index (κ1) is 19.0. The van der Waals surface area contributed by atoms with Crippen molar-refractivity contribution in [1.29, 1.82) is 0 Å². The molecule has 0 bridgehead atoms. The Bertz CT molecular complexity index is 867. The number of nitrogens with zero attached hydrogens (tertiary/aromatic N) is 2. The van der Waals surface area contributed by atoms with Gasteiger partial charge >= 0.3 is 0 Å². The Labute approximate surface area is 148 Å². The van der Waals surface area contributed by atoms with Crippen LogP contribution in [0.2, 0.25) is 0 Å². The molecule has 136 valence electrons. The molecule has 8 heteroatoms. The largest absolute Gasteiger partial charge is 0.492 e. The zero-order chi connectivity index (χ0) is 18.8. The number of nitrogens with two attached hydrogens (primary N) is 1. The summed E-state index contributed by atoms with van der Waals surface area (Å²) >= 11 is 0. The molecule has 1 aromatic heterocycles. The van der Waals surface area contributed by atoms with Gasteiger partial charge in [-0.3, -0.25) is 4.79 Å². The number of amides is 1. The third-order valence-corrected chi connectivity index (χ3v) is 5.63. The highest BCUT2D eigenvalue weighted by Crippen LogP contribution is 2.18. The lowest BCUT2D eigenvalue weighted by Gasteiger charge is -2.17. The van der Waals surface area contributed by atoms with Gasteiger partial charge < -0.3 is 15.0 Å².